The number of pyridine rings is 1. The van der Waals surface area contributed by atoms with Crippen molar-refractivity contribution in [1.29, 1.82) is 0 Å². The zero-order valence-corrected chi connectivity index (χ0v) is 25.4. The third-order valence-electron chi connectivity index (χ3n) is 8.23. The molecule has 0 N–H and O–H groups in total. The molecule has 0 aliphatic rings. The molecule has 0 amide bonds. The van der Waals surface area contributed by atoms with E-state index in [0.29, 0.717) is 0 Å². The molecule has 3 heteroatoms. The van der Waals surface area contributed by atoms with Crippen molar-refractivity contribution in [1.82, 2.24) is 9.55 Å². The summed E-state index contributed by atoms with van der Waals surface area (Å²) in [4.78, 5) is 5.16. The predicted octanol–water partition coefficient (Wildman–Crippen LogP) is 11.6. The van der Waals surface area contributed by atoms with Crippen molar-refractivity contribution in [3.63, 3.8) is 0 Å². The molecule has 0 saturated carbocycles. The van der Waals surface area contributed by atoms with Gasteiger partial charge in [0.15, 0.2) is 0 Å². The first-order valence-corrected chi connectivity index (χ1v) is 15.5. The molecule has 2 aromatic heterocycles. The fourth-order valence-electron chi connectivity index (χ4n) is 6.14. The van der Waals surface area contributed by atoms with Crippen LogP contribution in [0.4, 0.5) is 0 Å². The molecule has 44 heavy (non-hydrogen) atoms. The lowest BCUT2D eigenvalue weighted by Crippen LogP contribution is -1.94. The second-order valence-electron chi connectivity index (χ2n) is 11.0. The van der Waals surface area contributed by atoms with Crippen molar-refractivity contribution < 1.29 is 0 Å². The Morgan fingerprint density at radius 2 is 0.864 bits per heavy atom. The highest BCUT2D eigenvalue weighted by molar-refractivity contribution is 9.10. The minimum absolute atomic E-state index is 0.939. The van der Waals surface area contributed by atoms with Crippen molar-refractivity contribution in [2.75, 3.05) is 0 Å². The number of hydrogen-bond acceptors (Lipinski definition) is 1. The Morgan fingerprint density at radius 1 is 0.386 bits per heavy atom. The molecule has 208 valence electrons. The van der Waals surface area contributed by atoms with Gasteiger partial charge < -0.3 is 4.57 Å². The smallest absolute Gasteiger partial charge is 0.0716 e. The molecule has 0 saturated heterocycles. The van der Waals surface area contributed by atoms with E-state index in [4.69, 9.17) is 4.98 Å². The number of rotatable bonds is 5. The lowest BCUT2D eigenvalue weighted by Gasteiger charge is -2.13. The minimum atomic E-state index is 0.939. The van der Waals surface area contributed by atoms with E-state index in [1.807, 2.05) is 6.07 Å². The van der Waals surface area contributed by atoms with E-state index < -0.39 is 0 Å². The predicted molar refractivity (Wildman–Crippen MR) is 188 cm³/mol. The Balaban J connectivity index is 1.22. The lowest BCUT2D eigenvalue weighted by molar-refractivity contribution is 1.18. The fourth-order valence-corrected chi connectivity index (χ4v) is 6.63. The Bertz CT molecular complexity index is 2160. The van der Waals surface area contributed by atoms with Gasteiger partial charge in [-0.25, -0.2) is 4.98 Å². The van der Waals surface area contributed by atoms with Crippen molar-refractivity contribution in [2.45, 2.75) is 0 Å². The van der Waals surface area contributed by atoms with Crippen LogP contribution in [0.3, 0.4) is 0 Å². The molecule has 0 unspecified atom stereocenters. The number of halogens is 1. The molecule has 2 heterocycles. The zero-order valence-electron chi connectivity index (χ0n) is 23.9. The van der Waals surface area contributed by atoms with Crippen LogP contribution in [-0.4, -0.2) is 9.55 Å². The van der Waals surface area contributed by atoms with E-state index >= 15 is 0 Å². The Hall–Kier alpha value is -5.25. The summed E-state index contributed by atoms with van der Waals surface area (Å²) in [5, 5.41) is 2.54. The molecule has 0 radical (unpaired) electrons. The van der Waals surface area contributed by atoms with Gasteiger partial charge in [-0.1, -0.05) is 125 Å². The van der Waals surface area contributed by atoms with Crippen LogP contribution in [0.2, 0.25) is 0 Å². The monoisotopic (exact) mass is 626 g/mol. The van der Waals surface area contributed by atoms with Gasteiger partial charge in [0, 0.05) is 32.1 Å². The summed E-state index contributed by atoms with van der Waals surface area (Å²) in [6.07, 6.45) is 0. The van der Waals surface area contributed by atoms with E-state index in [1.54, 1.807) is 0 Å². The molecule has 8 aromatic rings. The van der Waals surface area contributed by atoms with Crippen LogP contribution in [0, 0.1) is 0 Å². The third-order valence-corrected chi connectivity index (χ3v) is 8.69. The van der Waals surface area contributed by atoms with E-state index in [1.165, 1.54) is 27.4 Å². The number of hydrogen-bond donors (Lipinski definition) is 0. The van der Waals surface area contributed by atoms with Gasteiger partial charge in [0.05, 0.1) is 22.4 Å². The van der Waals surface area contributed by atoms with Crippen molar-refractivity contribution in [3.8, 4) is 50.5 Å². The maximum atomic E-state index is 5.16. The molecule has 6 aromatic carbocycles. The summed E-state index contributed by atoms with van der Waals surface area (Å²) < 4.78 is 3.37. The second kappa shape index (κ2) is 11.1. The number of aromatic nitrogens is 2. The topological polar surface area (TPSA) is 17.8 Å². The molecular weight excluding hydrogens is 600 g/mol. The van der Waals surface area contributed by atoms with E-state index in [2.05, 4.69) is 178 Å². The van der Waals surface area contributed by atoms with Gasteiger partial charge in [0.25, 0.3) is 0 Å². The van der Waals surface area contributed by atoms with Crippen LogP contribution >= 0.6 is 15.9 Å². The van der Waals surface area contributed by atoms with E-state index in [9.17, 15) is 0 Å². The molecule has 0 spiro atoms. The van der Waals surface area contributed by atoms with Crippen molar-refractivity contribution >= 4 is 37.7 Å². The third kappa shape index (κ3) is 4.82. The highest BCUT2D eigenvalue weighted by atomic mass is 79.9. The van der Waals surface area contributed by atoms with E-state index in [0.717, 1.165) is 49.4 Å². The molecule has 0 bridgehead atoms. The highest BCUT2D eigenvalue weighted by Gasteiger charge is 2.13. The quantitative estimate of drug-likeness (QED) is 0.186. The van der Waals surface area contributed by atoms with E-state index in [-0.39, 0.29) is 0 Å². The first-order valence-electron chi connectivity index (χ1n) is 14.7. The molecule has 0 fully saturated rings. The minimum Gasteiger partial charge on any atom is -0.309 e. The van der Waals surface area contributed by atoms with Gasteiger partial charge in [-0.15, -0.1) is 0 Å². The first kappa shape index (κ1) is 26.4. The number of benzene rings is 6. The number of fused-ring (bicyclic) bond motifs is 3. The van der Waals surface area contributed by atoms with Crippen LogP contribution in [-0.2, 0) is 0 Å². The van der Waals surface area contributed by atoms with Crippen LogP contribution in [0.15, 0.2) is 168 Å². The average Bonchev–Trinajstić information content (AvgIpc) is 3.43. The Kier molecular flexibility index (Phi) is 6.66. The maximum absolute atomic E-state index is 5.16. The molecule has 2 nitrogen and oxygen atoms in total. The highest BCUT2D eigenvalue weighted by Crippen LogP contribution is 2.36. The first-order chi connectivity index (χ1) is 21.7. The summed E-state index contributed by atoms with van der Waals surface area (Å²) >= 11 is 3.80. The van der Waals surface area contributed by atoms with Crippen LogP contribution in [0.5, 0.6) is 0 Å². The summed E-state index contributed by atoms with van der Waals surface area (Å²) in [7, 11) is 0. The van der Waals surface area contributed by atoms with Crippen molar-refractivity contribution in [3.05, 3.63) is 168 Å². The summed E-state index contributed by atoms with van der Waals surface area (Å²) in [6.45, 7) is 0. The van der Waals surface area contributed by atoms with Crippen LogP contribution < -0.4 is 0 Å². The molecule has 0 aliphatic carbocycles. The van der Waals surface area contributed by atoms with Gasteiger partial charge >= 0.3 is 0 Å². The molecule has 0 atom stereocenters. The average molecular weight is 628 g/mol. The largest absolute Gasteiger partial charge is 0.309 e. The van der Waals surface area contributed by atoms with Gasteiger partial charge in [0.1, 0.15) is 0 Å². The summed E-state index contributed by atoms with van der Waals surface area (Å²) in [6, 6.07) is 58.0. The van der Waals surface area contributed by atoms with Crippen LogP contribution in [0.1, 0.15) is 0 Å². The standard InChI is InChI=1S/C41H27BrN2/c42-34-24-31(29-19-21-35(22-20-29)44-40-17-9-7-15-36(40)37-16-8-10-18-41(37)44)23-33(25-34)39-27-32(28-11-3-1-4-12-28)26-38(43-39)30-13-5-2-6-14-30/h1-27H. The fraction of sp³-hybridized carbons (Fsp3) is 0. The van der Waals surface area contributed by atoms with Gasteiger partial charge in [-0.05, 0) is 76.9 Å². The molecule has 0 aliphatic heterocycles. The van der Waals surface area contributed by atoms with Crippen molar-refractivity contribution in [2.24, 2.45) is 0 Å². The SMILES string of the molecule is Brc1cc(-c2ccc(-n3c4ccccc4c4ccccc43)cc2)cc(-c2cc(-c3ccccc3)cc(-c3ccccc3)n2)c1. The second-order valence-corrected chi connectivity index (χ2v) is 11.9. The van der Waals surface area contributed by atoms with Gasteiger partial charge in [-0.3, -0.25) is 0 Å². The lowest BCUT2D eigenvalue weighted by atomic mass is 9.98. The number of nitrogens with zero attached hydrogens (tertiary/aromatic N) is 2. The molecular formula is C41H27BrN2. The Morgan fingerprint density at radius 3 is 1.50 bits per heavy atom. The Labute approximate surface area is 265 Å². The molecule has 8 rings (SSSR count). The summed E-state index contributed by atoms with van der Waals surface area (Å²) in [5.41, 5.74) is 12.2. The zero-order chi connectivity index (χ0) is 29.5. The maximum Gasteiger partial charge on any atom is 0.0716 e. The number of para-hydroxylation sites is 2. The van der Waals surface area contributed by atoms with Gasteiger partial charge in [0.2, 0.25) is 0 Å². The van der Waals surface area contributed by atoms with Gasteiger partial charge in [-0.2, -0.15) is 0 Å². The summed E-state index contributed by atoms with van der Waals surface area (Å²) in [5.74, 6) is 0. The normalized spacial score (nSPS) is 11.3. The van der Waals surface area contributed by atoms with Crippen LogP contribution in [0.25, 0.3) is 72.3 Å².